The molecule has 1 aromatic heterocycles. The van der Waals surface area contributed by atoms with Crippen LogP contribution in [-0.4, -0.2) is 15.7 Å². The van der Waals surface area contributed by atoms with Gasteiger partial charge in [0.15, 0.2) is 0 Å². The van der Waals surface area contributed by atoms with E-state index < -0.39 is 0 Å². The van der Waals surface area contributed by atoms with E-state index in [1.807, 2.05) is 29.1 Å². The van der Waals surface area contributed by atoms with Gasteiger partial charge in [0.1, 0.15) is 5.82 Å². The highest BCUT2D eigenvalue weighted by atomic mass is 19.1. The van der Waals surface area contributed by atoms with E-state index in [2.05, 4.69) is 22.5 Å². The first-order valence-electron chi connectivity index (χ1n) is 9.31. The summed E-state index contributed by atoms with van der Waals surface area (Å²) in [7, 11) is 0. The molecule has 4 nitrogen and oxygen atoms in total. The molecule has 0 spiro atoms. The first-order chi connectivity index (χ1) is 13.2. The first kappa shape index (κ1) is 17.5. The second kappa shape index (κ2) is 7.74. The largest absolute Gasteiger partial charge is 0.349 e. The van der Waals surface area contributed by atoms with Crippen LogP contribution < -0.4 is 5.32 Å². The van der Waals surface area contributed by atoms with E-state index in [1.165, 1.54) is 23.4 Å². The number of hydrogen-bond donors (Lipinski definition) is 1. The summed E-state index contributed by atoms with van der Waals surface area (Å²) in [5, 5.41) is 7.67. The summed E-state index contributed by atoms with van der Waals surface area (Å²) < 4.78 is 15.3. The number of hydrogen-bond acceptors (Lipinski definition) is 2. The molecule has 1 heterocycles. The molecule has 0 saturated carbocycles. The third-order valence-electron chi connectivity index (χ3n) is 5.03. The van der Waals surface area contributed by atoms with Crippen molar-refractivity contribution in [3.05, 3.63) is 89.0 Å². The Morgan fingerprint density at radius 1 is 1.15 bits per heavy atom. The van der Waals surface area contributed by atoms with Gasteiger partial charge in [0.05, 0.1) is 25.2 Å². The van der Waals surface area contributed by atoms with Crippen LogP contribution in [0.5, 0.6) is 0 Å². The van der Waals surface area contributed by atoms with Gasteiger partial charge < -0.3 is 5.32 Å². The van der Waals surface area contributed by atoms with Crippen LogP contribution in [0.2, 0.25) is 0 Å². The molecule has 2 aromatic carbocycles. The van der Waals surface area contributed by atoms with Crippen LogP contribution >= 0.6 is 0 Å². The molecule has 1 atom stereocenters. The molecule has 0 saturated heterocycles. The lowest BCUT2D eigenvalue weighted by atomic mass is 9.92. The van der Waals surface area contributed by atoms with Crippen LogP contribution in [0.15, 0.2) is 60.8 Å². The first-order valence-corrected chi connectivity index (χ1v) is 9.31. The topological polar surface area (TPSA) is 46.9 Å². The van der Waals surface area contributed by atoms with Gasteiger partial charge in [-0.2, -0.15) is 5.10 Å². The van der Waals surface area contributed by atoms with Gasteiger partial charge >= 0.3 is 0 Å². The van der Waals surface area contributed by atoms with Gasteiger partial charge in [-0.1, -0.05) is 42.5 Å². The zero-order valence-corrected chi connectivity index (χ0v) is 15.1. The third-order valence-corrected chi connectivity index (χ3v) is 5.03. The Morgan fingerprint density at radius 3 is 2.78 bits per heavy atom. The summed E-state index contributed by atoms with van der Waals surface area (Å²) in [5.41, 5.74) is 4.19. The number of halogens is 1. The van der Waals surface area contributed by atoms with E-state index in [9.17, 15) is 9.18 Å². The highest BCUT2D eigenvalue weighted by Crippen LogP contribution is 2.30. The summed E-state index contributed by atoms with van der Waals surface area (Å²) in [5.74, 6) is -0.406. The maximum absolute atomic E-state index is 13.3. The van der Waals surface area contributed by atoms with Crippen molar-refractivity contribution in [2.45, 2.75) is 38.3 Å². The number of rotatable bonds is 5. The molecule has 0 fully saturated rings. The van der Waals surface area contributed by atoms with Gasteiger partial charge in [0.2, 0.25) is 5.91 Å². The van der Waals surface area contributed by atoms with Gasteiger partial charge in [0, 0.05) is 11.3 Å². The Kier molecular flexibility index (Phi) is 5.01. The summed E-state index contributed by atoms with van der Waals surface area (Å²) in [4.78, 5) is 12.4. The van der Waals surface area contributed by atoms with E-state index in [4.69, 9.17) is 0 Å². The number of aromatic nitrogens is 2. The minimum Gasteiger partial charge on any atom is -0.349 e. The van der Waals surface area contributed by atoms with Gasteiger partial charge in [0.25, 0.3) is 0 Å². The predicted octanol–water partition coefficient (Wildman–Crippen LogP) is 3.81. The zero-order valence-electron chi connectivity index (χ0n) is 15.1. The Labute approximate surface area is 158 Å². The van der Waals surface area contributed by atoms with Gasteiger partial charge in [-0.05, 0) is 42.5 Å². The smallest absolute Gasteiger partial charge is 0.224 e. The molecular formula is C22H22FN3O. The quantitative estimate of drug-likeness (QED) is 0.749. The minimum absolute atomic E-state index is 0.0284. The molecular weight excluding hydrogens is 341 g/mol. The molecule has 3 aromatic rings. The fourth-order valence-corrected chi connectivity index (χ4v) is 3.74. The fourth-order valence-electron chi connectivity index (χ4n) is 3.74. The molecule has 1 N–H and O–H groups in total. The maximum atomic E-state index is 13.3. The average molecular weight is 363 g/mol. The minimum atomic E-state index is -0.317. The standard InChI is InChI=1S/C22H22FN3O/c23-18-9-4-8-17(12-18)13-22(27)25-20-10-5-11-21-19(20)14-24-26(21)15-16-6-2-1-3-7-16/h1-4,6-9,12,14,20H,5,10-11,13,15H2,(H,25,27). The van der Waals surface area contributed by atoms with E-state index in [1.54, 1.807) is 12.1 Å². The van der Waals surface area contributed by atoms with Crippen molar-refractivity contribution in [2.24, 2.45) is 0 Å². The number of carbonyl (C=O) groups is 1. The van der Waals surface area contributed by atoms with Crippen molar-refractivity contribution in [3.63, 3.8) is 0 Å². The number of nitrogens with zero attached hydrogens (tertiary/aromatic N) is 2. The summed E-state index contributed by atoms with van der Waals surface area (Å²) in [6, 6.07) is 16.4. The van der Waals surface area contributed by atoms with Crippen molar-refractivity contribution in [3.8, 4) is 0 Å². The predicted molar refractivity (Wildman–Crippen MR) is 102 cm³/mol. The Hall–Kier alpha value is -2.95. The molecule has 1 aliphatic carbocycles. The van der Waals surface area contributed by atoms with Crippen molar-refractivity contribution in [1.29, 1.82) is 0 Å². The lowest BCUT2D eigenvalue weighted by Gasteiger charge is -2.24. The maximum Gasteiger partial charge on any atom is 0.224 e. The average Bonchev–Trinajstić information content (AvgIpc) is 3.06. The van der Waals surface area contributed by atoms with E-state index in [0.29, 0.717) is 5.56 Å². The fraction of sp³-hybridized carbons (Fsp3) is 0.273. The van der Waals surface area contributed by atoms with Crippen molar-refractivity contribution in [2.75, 3.05) is 0 Å². The van der Waals surface area contributed by atoms with Crippen molar-refractivity contribution in [1.82, 2.24) is 15.1 Å². The van der Waals surface area contributed by atoms with E-state index >= 15 is 0 Å². The molecule has 0 bridgehead atoms. The number of amides is 1. The number of benzene rings is 2. The lowest BCUT2D eigenvalue weighted by molar-refractivity contribution is -0.121. The Balaban J connectivity index is 1.46. The van der Waals surface area contributed by atoms with Crippen molar-refractivity contribution < 1.29 is 9.18 Å². The van der Waals surface area contributed by atoms with Gasteiger partial charge in [-0.15, -0.1) is 0 Å². The molecule has 1 aliphatic rings. The van der Waals surface area contributed by atoms with Crippen LogP contribution in [0.3, 0.4) is 0 Å². The highest BCUT2D eigenvalue weighted by molar-refractivity contribution is 5.79. The van der Waals surface area contributed by atoms with Gasteiger partial charge in [-0.3, -0.25) is 9.48 Å². The van der Waals surface area contributed by atoms with Crippen LogP contribution in [0.25, 0.3) is 0 Å². The lowest BCUT2D eigenvalue weighted by Crippen LogP contribution is -2.32. The Bertz CT molecular complexity index is 936. The highest BCUT2D eigenvalue weighted by Gasteiger charge is 2.25. The van der Waals surface area contributed by atoms with Crippen LogP contribution in [0, 0.1) is 5.82 Å². The SMILES string of the molecule is O=C(Cc1cccc(F)c1)NC1CCCc2c1cnn2Cc1ccccc1. The monoisotopic (exact) mass is 363 g/mol. The summed E-state index contributed by atoms with van der Waals surface area (Å²) >= 11 is 0. The van der Waals surface area contributed by atoms with Crippen LogP contribution in [-0.2, 0) is 24.2 Å². The molecule has 0 radical (unpaired) electrons. The molecule has 1 amide bonds. The molecule has 138 valence electrons. The zero-order chi connectivity index (χ0) is 18.6. The number of fused-ring (bicyclic) bond motifs is 1. The summed E-state index contributed by atoms with van der Waals surface area (Å²) in [6.45, 7) is 0.736. The molecule has 4 rings (SSSR count). The number of nitrogens with one attached hydrogen (secondary N) is 1. The second-order valence-electron chi connectivity index (χ2n) is 7.01. The second-order valence-corrected chi connectivity index (χ2v) is 7.01. The molecule has 0 aliphatic heterocycles. The molecule has 27 heavy (non-hydrogen) atoms. The summed E-state index contributed by atoms with van der Waals surface area (Å²) in [6.07, 6.45) is 4.95. The number of carbonyl (C=O) groups excluding carboxylic acids is 1. The third kappa shape index (κ3) is 4.08. The van der Waals surface area contributed by atoms with Crippen LogP contribution in [0.4, 0.5) is 4.39 Å². The van der Waals surface area contributed by atoms with Gasteiger partial charge in [-0.25, -0.2) is 4.39 Å². The molecule has 1 unspecified atom stereocenters. The molecule has 5 heteroatoms. The van der Waals surface area contributed by atoms with E-state index in [-0.39, 0.29) is 24.2 Å². The van der Waals surface area contributed by atoms with Crippen LogP contribution in [0.1, 0.15) is 41.3 Å². The van der Waals surface area contributed by atoms with Crippen molar-refractivity contribution >= 4 is 5.91 Å². The Morgan fingerprint density at radius 2 is 1.96 bits per heavy atom. The normalized spacial score (nSPS) is 16.0. The van der Waals surface area contributed by atoms with E-state index in [0.717, 1.165) is 31.4 Å².